The average Bonchev–Trinajstić information content (AvgIpc) is 2.89. The number of carbonyl (C=O) groups is 1. The number of H-pyrrole nitrogens is 1. The molecule has 0 aliphatic carbocycles. The summed E-state index contributed by atoms with van der Waals surface area (Å²) in [6.07, 6.45) is -0.998. The van der Waals surface area contributed by atoms with Crippen LogP contribution < -0.4 is 11.2 Å². The minimum atomic E-state index is -2.33. The number of hydrogen-bond donors (Lipinski definition) is 1. The van der Waals surface area contributed by atoms with Gasteiger partial charge in [-0.1, -0.05) is 41.5 Å². The average molecular weight is 471 g/mol. The van der Waals surface area contributed by atoms with E-state index in [0.717, 1.165) is 6.29 Å². The lowest BCUT2D eigenvalue weighted by molar-refractivity contribution is -0.122. The minimum absolute atomic E-state index is 0.0884. The molecule has 1 aromatic rings. The number of aldehydes is 1. The SMILES string of the molecule is CC(C)(C)[Si](C)(C)O[C@@H]1[C@H](O[Si](C)(C)C(C)(C)C)[C@@H](C=O)O[C@H]1n1ccc(=O)[nH]c1=O. The van der Waals surface area contributed by atoms with E-state index >= 15 is 0 Å². The summed E-state index contributed by atoms with van der Waals surface area (Å²) in [4.78, 5) is 38.4. The van der Waals surface area contributed by atoms with Crippen molar-refractivity contribution in [2.75, 3.05) is 0 Å². The van der Waals surface area contributed by atoms with E-state index in [9.17, 15) is 14.4 Å². The van der Waals surface area contributed by atoms with E-state index < -0.39 is 52.4 Å². The fraction of sp³-hybridized carbons (Fsp3) is 0.762. The molecule has 0 radical (unpaired) electrons. The van der Waals surface area contributed by atoms with Crippen molar-refractivity contribution in [1.82, 2.24) is 9.55 Å². The Hall–Kier alpha value is -1.34. The summed E-state index contributed by atoms with van der Waals surface area (Å²) in [5.41, 5.74) is -1.11. The summed E-state index contributed by atoms with van der Waals surface area (Å²) in [6, 6.07) is 1.26. The van der Waals surface area contributed by atoms with Gasteiger partial charge in [-0.25, -0.2) is 4.79 Å². The summed E-state index contributed by atoms with van der Waals surface area (Å²) in [7, 11) is -4.62. The van der Waals surface area contributed by atoms with Crippen LogP contribution in [0.5, 0.6) is 0 Å². The van der Waals surface area contributed by atoms with Crippen LogP contribution in [-0.4, -0.2) is 50.8 Å². The van der Waals surface area contributed by atoms with Crippen molar-refractivity contribution in [3.8, 4) is 0 Å². The zero-order chi connectivity index (χ0) is 24.0. The molecule has 31 heavy (non-hydrogen) atoms. The molecular formula is C21H38N2O6Si2. The monoisotopic (exact) mass is 470 g/mol. The van der Waals surface area contributed by atoms with Gasteiger partial charge < -0.3 is 18.4 Å². The van der Waals surface area contributed by atoms with Crippen LogP contribution in [-0.2, 0) is 18.4 Å². The van der Waals surface area contributed by atoms with Crippen LogP contribution in [0.4, 0.5) is 0 Å². The molecule has 0 spiro atoms. The summed E-state index contributed by atoms with van der Waals surface area (Å²) >= 11 is 0. The van der Waals surface area contributed by atoms with Gasteiger partial charge in [0.15, 0.2) is 29.1 Å². The first-order chi connectivity index (χ1) is 13.9. The maximum absolute atomic E-state index is 12.5. The molecule has 2 heterocycles. The Balaban J connectivity index is 2.58. The van der Waals surface area contributed by atoms with E-state index in [-0.39, 0.29) is 10.1 Å². The highest BCUT2D eigenvalue weighted by molar-refractivity contribution is 6.74. The van der Waals surface area contributed by atoms with Crippen LogP contribution in [0.2, 0.25) is 36.3 Å². The Morgan fingerprint density at radius 3 is 1.87 bits per heavy atom. The molecule has 8 nitrogen and oxygen atoms in total. The highest BCUT2D eigenvalue weighted by Crippen LogP contribution is 2.45. The van der Waals surface area contributed by atoms with E-state index in [2.05, 4.69) is 72.7 Å². The molecule has 4 atom stereocenters. The zero-order valence-corrected chi connectivity index (χ0v) is 22.4. The molecule has 1 fully saturated rings. The molecule has 2 rings (SSSR count). The maximum Gasteiger partial charge on any atom is 0.330 e. The van der Waals surface area contributed by atoms with Crippen molar-refractivity contribution in [1.29, 1.82) is 0 Å². The van der Waals surface area contributed by atoms with Crippen molar-refractivity contribution in [3.63, 3.8) is 0 Å². The number of nitrogens with one attached hydrogen (secondary N) is 1. The van der Waals surface area contributed by atoms with Gasteiger partial charge in [0.2, 0.25) is 0 Å². The minimum Gasteiger partial charge on any atom is -0.408 e. The lowest BCUT2D eigenvalue weighted by Gasteiger charge is -2.43. The van der Waals surface area contributed by atoms with Gasteiger partial charge in [0.1, 0.15) is 18.3 Å². The molecule has 1 saturated heterocycles. The van der Waals surface area contributed by atoms with Crippen molar-refractivity contribution in [2.45, 2.75) is 102 Å². The number of nitrogens with zero attached hydrogens (tertiary/aromatic N) is 1. The van der Waals surface area contributed by atoms with E-state index in [1.807, 2.05) is 0 Å². The van der Waals surface area contributed by atoms with Crippen LogP contribution >= 0.6 is 0 Å². The third kappa shape index (κ3) is 5.36. The van der Waals surface area contributed by atoms with Crippen LogP contribution in [0.25, 0.3) is 0 Å². The predicted molar refractivity (Wildman–Crippen MR) is 125 cm³/mol. The second kappa shape index (κ2) is 8.55. The van der Waals surface area contributed by atoms with E-state index in [4.69, 9.17) is 13.6 Å². The van der Waals surface area contributed by atoms with Gasteiger partial charge in [0, 0.05) is 12.3 Å². The van der Waals surface area contributed by atoms with Crippen LogP contribution in [0.15, 0.2) is 21.9 Å². The standard InChI is InChI=1S/C21H38N2O6Si2/c1-20(2,3)30(7,8)28-16-14(13-24)27-18(23-12-11-15(25)22-19(23)26)17(16)29-31(9,10)21(4,5)6/h11-14,16-18H,1-10H3,(H,22,25,26)/t14-,16-,17-,18-/m1/s1. The smallest absolute Gasteiger partial charge is 0.330 e. The van der Waals surface area contributed by atoms with Crippen molar-refractivity contribution in [3.05, 3.63) is 33.1 Å². The number of aromatic nitrogens is 2. The quantitative estimate of drug-likeness (QED) is 0.505. The van der Waals surface area contributed by atoms with E-state index in [1.165, 1.54) is 16.8 Å². The fourth-order valence-electron chi connectivity index (χ4n) is 2.92. The lowest BCUT2D eigenvalue weighted by atomic mass is 10.1. The molecule has 0 aromatic carbocycles. The molecule has 0 saturated carbocycles. The van der Waals surface area contributed by atoms with Gasteiger partial charge in [-0.15, -0.1) is 0 Å². The van der Waals surface area contributed by atoms with E-state index in [1.54, 1.807) is 0 Å². The number of ether oxygens (including phenoxy) is 1. The lowest BCUT2D eigenvalue weighted by Crippen LogP contribution is -2.54. The molecule has 176 valence electrons. The second-order valence-corrected chi connectivity index (χ2v) is 20.8. The van der Waals surface area contributed by atoms with Gasteiger partial charge in [-0.3, -0.25) is 14.3 Å². The third-order valence-electron chi connectivity index (χ3n) is 6.96. The third-order valence-corrected chi connectivity index (χ3v) is 15.9. The van der Waals surface area contributed by atoms with Crippen LogP contribution in [0.1, 0.15) is 47.8 Å². The molecule has 0 bridgehead atoms. The Morgan fingerprint density at radius 2 is 1.45 bits per heavy atom. The van der Waals surface area contributed by atoms with Crippen LogP contribution in [0.3, 0.4) is 0 Å². The highest BCUT2D eigenvalue weighted by Gasteiger charge is 2.54. The molecule has 10 heteroatoms. The highest BCUT2D eigenvalue weighted by atomic mass is 28.4. The van der Waals surface area contributed by atoms with Crippen LogP contribution in [0, 0.1) is 0 Å². The Bertz CT molecular complexity index is 910. The number of rotatable bonds is 6. The van der Waals surface area contributed by atoms with Gasteiger partial charge in [-0.05, 0) is 36.3 Å². The first-order valence-corrected chi connectivity index (χ1v) is 16.5. The fourth-order valence-corrected chi connectivity index (χ4v) is 5.51. The van der Waals surface area contributed by atoms with Gasteiger partial charge in [0.05, 0.1) is 0 Å². The Labute approximate surface area is 186 Å². The number of aromatic amines is 1. The normalized spacial score (nSPS) is 25.6. The van der Waals surface area contributed by atoms with Gasteiger partial charge >= 0.3 is 5.69 Å². The molecule has 0 unspecified atom stereocenters. The summed E-state index contributed by atoms with van der Waals surface area (Å²) in [6.45, 7) is 21.2. The van der Waals surface area contributed by atoms with E-state index in [0.29, 0.717) is 0 Å². The number of hydrogen-bond acceptors (Lipinski definition) is 6. The summed E-state index contributed by atoms with van der Waals surface area (Å²) < 4.78 is 20.7. The topological polar surface area (TPSA) is 99.6 Å². The molecule has 1 aromatic heterocycles. The molecule has 0 amide bonds. The predicted octanol–water partition coefficient (Wildman–Crippen LogP) is 3.41. The molecule has 1 aliphatic rings. The summed E-state index contributed by atoms with van der Waals surface area (Å²) in [5.74, 6) is 0. The zero-order valence-electron chi connectivity index (χ0n) is 20.4. The van der Waals surface area contributed by atoms with Crippen molar-refractivity contribution >= 4 is 22.9 Å². The van der Waals surface area contributed by atoms with Gasteiger partial charge in [0.25, 0.3) is 5.56 Å². The van der Waals surface area contributed by atoms with Crippen molar-refractivity contribution in [2.24, 2.45) is 0 Å². The molecule has 1 aliphatic heterocycles. The maximum atomic E-state index is 12.5. The molecule has 1 N–H and O–H groups in total. The Morgan fingerprint density at radius 1 is 0.968 bits per heavy atom. The summed E-state index contributed by atoms with van der Waals surface area (Å²) in [5, 5.41) is -0.191. The molecular weight excluding hydrogens is 432 g/mol. The van der Waals surface area contributed by atoms with Crippen molar-refractivity contribution < 1.29 is 18.4 Å². The van der Waals surface area contributed by atoms with Gasteiger partial charge in [-0.2, -0.15) is 0 Å². The first kappa shape index (κ1) is 25.9. The largest absolute Gasteiger partial charge is 0.408 e. The Kier molecular flexibility index (Phi) is 7.15. The second-order valence-electron chi connectivity index (χ2n) is 11.3. The number of carbonyl (C=O) groups excluding carboxylic acids is 1. The first-order valence-electron chi connectivity index (χ1n) is 10.7.